The minimum absolute atomic E-state index is 0.168. The zero-order valence-corrected chi connectivity index (χ0v) is 13.1. The van der Waals surface area contributed by atoms with E-state index in [1.165, 1.54) is 17.0 Å². The third kappa shape index (κ3) is 4.70. The zero-order valence-electron chi connectivity index (χ0n) is 10.7. The van der Waals surface area contributed by atoms with Gasteiger partial charge in [0.1, 0.15) is 5.82 Å². The third-order valence-electron chi connectivity index (χ3n) is 2.61. The van der Waals surface area contributed by atoms with Crippen LogP contribution in [0.15, 0.2) is 40.2 Å². The second kappa shape index (κ2) is 7.52. The van der Waals surface area contributed by atoms with Crippen LogP contribution in [0.25, 0.3) is 0 Å². The Labute approximate surface area is 129 Å². The molecule has 1 aromatic heterocycles. The second-order valence-corrected chi connectivity index (χ2v) is 6.71. The predicted octanol–water partition coefficient (Wildman–Crippen LogP) is 3.42. The van der Waals surface area contributed by atoms with Gasteiger partial charge in [-0.15, -0.1) is 11.3 Å². The highest BCUT2D eigenvalue weighted by molar-refractivity contribution is 9.11. The summed E-state index contributed by atoms with van der Waals surface area (Å²) in [6.45, 7) is 0.874. The van der Waals surface area contributed by atoms with E-state index >= 15 is 0 Å². The Morgan fingerprint density at radius 1 is 1.25 bits per heavy atom. The van der Waals surface area contributed by atoms with E-state index in [4.69, 9.17) is 0 Å². The molecule has 2 aromatic rings. The van der Waals surface area contributed by atoms with E-state index in [0.717, 1.165) is 10.2 Å². The number of thiophene rings is 1. The number of nitrogens with one attached hydrogen (secondary N) is 2. The molecule has 0 spiro atoms. The number of para-hydroxylation sites is 1. The number of rotatable bonds is 6. The molecule has 20 heavy (non-hydrogen) atoms. The van der Waals surface area contributed by atoms with E-state index in [-0.39, 0.29) is 18.1 Å². The van der Waals surface area contributed by atoms with Crippen LogP contribution in [0.1, 0.15) is 4.88 Å². The summed E-state index contributed by atoms with van der Waals surface area (Å²) >= 11 is 5.08. The molecular formula is C14H14BrFN2OS. The van der Waals surface area contributed by atoms with Gasteiger partial charge in [0.2, 0.25) is 5.91 Å². The van der Waals surface area contributed by atoms with Gasteiger partial charge >= 0.3 is 0 Å². The molecule has 0 bridgehead atoms. The molecule has 0 unspecified atom stereocenters. The molecule has 0 fully saturated rings. The molecule has 2 N–H and O–H groups in total. The highest BCUT2D eigenvalue weighted by Gasteiger charge is 2.05. The molecule has 3 nitrogen and oxygen atoms in total. The van der Waals surface area contributed by atoms with Crippen molar-refractivity contribution in [3.8, 4) is 0 Å². The topological polar surface area (TPSA) is 41.1 Å². The summed E-state index contributed by atoms with van der Waals surface area (Å²) in [5, 5.41) is 5.57. The number of amides is 1. The van der Waals surface area contributed by atoms with Crippen molar-refractivity contribution < 1.29 is 9.18 Å². The normalized spacial score (nSPS) is 10.5. The van der Waals surface area contributed by atoms with Crippen LogP contribution in [0.3, 0.4) is 0 Å². The first-order valence-electron chi connectivity index (χ1n) is 6.14. The Balaban J connectivity index is 1.69. The first-order valence-corrected chi connectivity index (χ1v) is 7.75. The zero-order chi connectivity index (χ0) is 14.4. The van der Waals surface area contributed by atoms with E-state index in [9.17, 15) is 9.18 Å². The average Bonchev–Trinajstić information content (AvgIpc) is 2.83. The van der Waals surface area contributed by atoms with Crippen LogP contribution in [0.2, 0.25) is 0 Å². The molecule has 1 heterocycles. The summed E-state index contributed by atoms with van der Waals surface area (Å²) in [6.07, 6.45) is 0.864. The van der Waals surface area contributed by atoms with Crippen molar-refractivity contribution >= 4 is 38.9 Å². The van der Waals surface area contributed by atoms with Gasteiger partial charge in [-0.3, -0.25) is 4.79 Å². The molecule has 6 heteroatoms. The lowest BCUT2D eigenvalue weighted by molar-refractivity contribution is -0.115. The van der Waals surface area contributed by atoms with Crippen molar-refractivity contribution in [2.75, 3.05) is 18.4 Å². The van der Waals surface area contributed by atoms with Gasteiger partial charge in [0.05, 0.1) is 16.0 Å². The molecule has 0 aliphatic carbocycles. The number of carbonyl (C=O) groups excluding carboxylic acids is 1. The molecule has 0 radical (unpaired) electrons. The summed E-state index contributed by atoms with van der Waals surface area (Å²) in [4.78, 5) is 12.9. The monoisotopic (exact) mass is 356 g/mol. The number of anilines is 1. The van der Waals surface area contributed by atoms with Crippen molar-refractivity contribution in [3.63, 3.8) is 0 Å². The Kier molecular flexibility index (Phi) is 5.70. The fraction of sp³-hybridized carbons (Fsp3) is 0.214. The first-order chi connectivity index (χ1) is 9.65. The van der Waals surface area contributed by atoms with Crippen LogP contribution in [0.5, 0.6) is 0 Å². The van der Waals surface area contributed by atoms with E-state index in [0.29, 0.717) is 6.54 Å². The van der Waals surface area contributed by atoms with E-state index in [1.54, 1.807) is 23.5 Å². The highest BCUT2D eigenvalue weighted by atomic mass is 79.9. The molecule has 0 saturated carbocycles. The number of halogens is 2. The van der Waals surface area contributed by atoms with Gasteiger partial charge in [0.15, 0.2) is 0 Å². The lowest BCUT2D eigenvalue weighted by Gasteiger charge is -2.07. The molecule has 0 aliphatic heterocycles. The van der Waals surface area contributed by atoms with Crippen molar-refractivity contribution in [2.45, 2.75) is 6.42 Å². The number of benzene rings is 1. The van der Waals surface area contributed by atoms with Gasteiger partial charge < -0.3 is 10.6 Å². The largest absolute Gasteiger partial charge is 0.322 e. The summed E-state index contributed by atoms with van der Waals surface area (Å²) in [6, 6.07) is 10.2. The fourth-order valence-corrected chi connectivity index (χ4v) is 3.14. The van der Waals surface area contributed by atoms with Crippen LogP contribution >= 0.6 is 27.3 Å². The van der Waals surface area contributed by atoms with Crippen LogP contribution in [0.4, 0.5) is 10.1 Å². The Morgan fingerprint density at radius 3 is 2.75 bits per heavy atom. The lowest BCUT2D eigenvalue weighted by atomic mass is 10.3. The molecule has 106 valence electrons. The van der Waals surface area contributed by atoms with E-state index in [1.807, 2.05) is 6.07 Å². The number of hydrogen-bond acceptors (Lipinski definition) is 3. The number of carbonyl (C=O) groups is 1. The summed E-state index contributed by atoms with van der Waals surface area (Å²) in [5.41, 5.74) is 0.210. The quantitative estimate of drug-likeness (QED) is 0.778. The van der Waals surface area contributed by atoms with Gasteiger partial charge in [0.25, 0.3) is 0 Å². The fourth-order valence-electron chi connectivity index (χ4n) is 1.66. The Morgan fingerprint density at radius 2 is 2.05 bits per heavy atom. The van der Waals surface area contributed by atoms with Crippen molar-refractivity contribution in [3.05, 3.63) is 50.9 Å². The molecule has 0 aliphatic rings. The van der Waals surface area contributed by atoms with Gasteiger partial charge in [-0.1, -0.05) is 12.1 Å². The summed E-state index contributed by atoms with van der Waals surface area (Å²) in [5.74, 6) is -0.674. The second-order valence-electron chi connectivity index (χ2n) is 4.16. The van der Waals surface area contributed by atoms with Gasteiger partial charge in [-0.05, 0) is 46.6 Å². The highest BCUT2D eigenvalue weighted by Crippen LogP contribution is 2.22. The van der Waals surface area contributed by atoms with Gasteiger partial charge in [-0.2, -0.15) is 0 Å². The van der Waals surface area contributed by atoms with Crippen molar-refractivity contribution in [1.29, 1.82) is 0 Å². The Bertz CT molecular complexity index is 588. The Hall–Kier alpha value is -1.24. The summed E-state index contributed by atoms with van der Waals surface area (Å²) < 4.78 is 14.4. The van der Waals surface area contributed by atoms with Crippen molar-refractivity contribution in [2.24, 2.45) is 0 Å². The van der Waals surface area contributed by atoms with Crippen LogP contribution < -0.4 is 10.6 Å². The summed E-state index contributed by atoms with van der Waals surface area (Å²) in [7, 11) is 0. The van der Waals surface area contributed by atoms with Gasteiger partial charge in [0, 0.05) is 11.4 Å². The minimum Gasteiger partial charge on any atom is -0.322 e. The molecule has 0 atom stereocenters. The molecule has 1 amide bonds. The van der Waals surface area contributed by atoms with Crippen LogP contribution in [-0.4, -0.2) is 19.0 Å². The predicted molar refractivity (Wildman–Crippen MR) is 83.6 cm³/mol. The molecule has 0 saturated heterocycles. The average molecular weight is 357 g/mol. The maximum absolute atomic E-state index is 13.3. The van der Waals surface area contributed by atoms with E-state index < -0.39 is 5.82 Å². The minimum atomic E-state index is -0.427. The van der Waals surface area contributed by atoms with E-state index in [2.05, 4.69) is 32.6 Å². The van der Waals surface area contributed by atoms with Crippen molar-refractivity contribution in [1.82, 2.24) is 5.32 Å². The first kappa shape index (κ1) is 15.2. The molecule has 2 rings (SSSR count). The van der Waals surface area contributed by atoms with Crippen LogP contribution in [-0.2, 0) is 11.2 Å². The standard InChI is InChI=1S/C14H14BrFN2OS/c15-13-6-5-10(20-13)7-8-17-9-14(19)18-12-4-2-1-3-11(12)16/h1-6,17H,7-9H2,(H,18,19). The smallest absolute Gasteiger partial charge is 0.238 e. The maximum Gasteiger partial charge on any atom is 0.238 e. The molecule has 1 aromatic carbocycles. The van der Waals surface area contributed by atoms with Crippen LogP contribution in [0, 0.1) is 5.82 Å². The lowest BCUT2D eigenvalue weighted by Crippen LogP contribution is -2.29. The maximum atomic E-state index is 13.3. The van der Waals surface area contributed by atoms with Gasteiger partial charge in [-0.25, -0.2) is 4.39 Å². The molecular weight excluding hydrogens is 343 g/mol. The number of hydrogen-bond donors (Lipinski definition) is 2. The SMILES string of the molecule is O=C(CNCCc1ccc(Br)s1)Nc1ccccc1F. The third-order valence-corrected chi connectivity index (χ3v) is 4.29.